The summed E-state index contributed by atoms with van der Waals surface area (Å²) in [6.07, 6.45) is -0.294. The third-order valence-corrected chi connectivity index (χ3v) is 6.13. The number of H-pyrrole nitrogens is 1. The van der Waals surface area contributed by atoms with Crippen LogP contribution in [0.5, 0.6) is 5.75 Å². The van der Waals surface area contributed by atoms with Gasteiger partial charge in [0.1, 0.15) is 17.5 Å². The van der Waals surface area contributed by atoms with Crippen molar-refractivity contribution in [2.24, 2.45) is 0 Å². The second-order valence-electron chi connectivity index (χ2n) is 9.34. The van der Waals surface area contributed by atoms with Crippen molar-refractivity contribution in [1.29, 1.82) is 0 Å². The molecule has 3 aromatic rings. The molecular weight excluding hydrogens is 450 g/mol. The van der Waals surface area contributed by atoms with Crippen LogP contribution in [0, 0.1) is 6.92 Å². The quantitative estimate of drug-likeness (QED) is 0.346. The summed E-state index contributed by atoms with van der Waals surface area (Å²) in [5, 5.41) is 12.6. The summed E-state index contributed by atoms with van der Waals surface area (Å²) in [4.78, 5) is 14.8. The lowest BCUT2D eigenvalue weighted by Gasteiger charge is -2.29. The van der Waals surface area contributed by atoms with E-state index in [4.69, 9.17) is 4.74 Å². The number of pyridine rings is 1. The molecule has 1 unspecified atom stereocenters. The van der Waals surface area contributed by atoms with Crippen LogP contribution in [0.4, 0.5) is 14.5 Å². The van der Waals surface area contributed by atoms with E-state index >= 15 is 0 Å². The van der Waals surface area contributed by atoms with Gasteiger partial charge in [0, 0.05) is 23.9 Å². The Hall–Kier alpha value is -3.19. The second kappa shape index (κ2) is 10.6. The number of halogens is 2. The number of aromatic amines is 1. The summed E-state index contributed by atoms with van der Waals surface area (Å²) in [6, 6.07) is 15.2. The summed E-state index contributed by atoms with van der Waals surface area (Å²) in [7, 11) is 0. The molecule has 3 N–H and O–H groups in total. The summed E-state index contributed by atoms with van der Waals surface area (Å²) in [5.74, 6) is -2.54. The first-order chi connectivity index (χ1) is 16.4. The Kier molecular flexibility index (Phi) is 8.00. The Bertz CT molecular complexity index is 1200. The first-order valence-corrected chi connectivity index (χ1v) is 11.9. The van der Waals surface area contributed by atoms with Crippen LogP contribution in [-0.2, 0) is 24.4 Å². The molecule has 5 nitrogen and oxygen atoms in total. The lowest BCUT2D eigenvalue weighted by Crippen LogP contribution is -2.31. The fourth-order valence-electron chi connectivity index (χ4n) is 4.02. The van der Waals surface area contributed by atoms with Crippen LogP contribution in [0.2, 0.25) is 0 Å². The van der Waals surface area contributed by atoms with Gasteiger partial charge in [-0.3, -0.25) is 4.79 Å². The van der Waals surface area contributed by atoms with Crippen molar-refractivity contribution in [3.63, 3.8) is 0 Å². The van der Waals surface area contributed by atoms with Crippen LogP contribution in [0.15, 0.2) is 59.4 Å². The first kappa shape index (κ1) is 26.4. The highest BCUT2D eigenvalue weighted by atomic mass is 19.3. The number of alkyl halides is 2. The van der Waals surface area contributed by atoms with Crippen LogP contribution in [-0.4, -0.2) is 22.7 Å². The predicted octanol–water partition coefficient (Wildman–Crippen LogP) is 5.69. The zero-order chi connectivity index (χ0) is 25.8. The van der Waals surface area contributed by atoms with E-state index in [1.807, 2.05) is 52.0 Å². The van der Waals surface area contributed by atoms with E-state index in [2.05, 4.69) is 10.3 Å². The second-order valence-corrected chi connectivity index (χ2v) is 9.34. The van der Waals surface area contributed by atoms with Gasteiger partial charge in [0.25, 0.3) is 5.92 Å². The highest BCUT2D eigenvalue weighted by molar-refractivity contribution is 5.51. The minimum atomic E-state index is -3.26. The van der Waals surface area contributed by atoms with Crippen LogP contribution >= 0.6 is 0 Å². The van der Waals surface area contributed by atoms with Gasteiger partial charge in [-0.15, -0.1) is 0 Å². The van der Waals surface area contributed by atoms with E-state index in [9.17, 15) is 18.7 Å². The zero-order valence-electron chi connectivity index (χ0n) is 20.9. The molecule has 0 amide bonds. The molecule has 0 fully saturated rings. The maximum absolute atomic E-state index is 13.9. The number of aliphatic hydroxyl groups excluding tert-OH is 1. The van der Waals surface area contributed by atoms with Gasteiger partial charge in [0.2, 0.25) is 5.56 Å². The molecule has 0 bridgehead atoms. The number of benzene rings is 2. The van der Waals surface area contributed by atoms with Crippen molar-refractivity contribution in [3.8, 4) is 5.75 Å². The average molecular weight is 485 g/mol. The van der Waals surface area contributed by atoms with E-state index in [0.29, 0.717) is 13.0 Å². The van der Waals surface area contributed by atoms with Crippen molar-refractivity contribution in [2.75, 3.05) is 11.9 Å². The molecule has 35 heavy (non-hydrogen) atoms. The minimum Gasteiger partial charge on any atom is -0.481 e. The van der Waals surface area contributed by atoms with E-state index in [1.54, 1.807) is 12.1 Å². The van der Waals surface area contributed by atoms with Gasteiger partial charge in [0.05, 0.1) is 5.69 Å². The third kappa shape index (κ3) is 6.28. The third-order valence-electron chi connectivity index (χ3n) is 6.13. The van der Waals surface area contributed by atoms with E-state index < -0.39 is 17.6 Å². The Morgan fingerprint density at radius 1 is 1.09 bits per heavy atom. The molecule has 3 rings (SSSR count). The van der Waals surface area contributed by atoms with Crippen LogP contribution in [0.1, 0.15) is 55.6 Å². The SMILES string of the molecule is CCc1ccc(=O)[nH]c1C(C)(C)Oc1ccc(NCCc2ccc(C(F)(F)C(C)O)cc2)cc1C. The number of rotatable bonds is 10. The maximum atomic E-state index is 13.9. The molecular formula is C28H34F2N2O3. The van der Waals surface area contributed by atoms with Crippen LogP contribution in [0.3, 0.4) is 0 Å². The molecule has 1 atom stereocenters. The molecule has 0 saturated carbocycles. The van der Waals surface area contributed by atoms with Gasteiger partial charge in [-0.1, -0.05) is 37.3 Å². The van der Waals surface area contributed by atoms with Crippen LogP contribution in [0.25, 0.3) is 0 Å². The van der Waals surface area contributed by atoms with Gasteiger partial charge in [0.15, 0.2) is 0 Å². The number of anilines is 1. The summed E-state index contributed by atoms with van der Waals surface area (Å²) in [6.45, 7) is 9.59. The van der Waals surface area contributed by atoms with Crippen molar-refractivity contribution in [3.05, 3.63) is 92.9 Å². The lowest BCUT2D eigenvalue weighted by molar-refractivity contribution is -0.106. The monoisotopic (exact) mass is 484 g/mol. The standard InChI is InChI=1S/C28H34F2N2O3/c1-6-21-9-14-25(34)32-26(21)27(4,5)35-24-13-12-23(17-18(24)2)31-16-15-20-7-10-22(11-8-20)28(29,30)19(3)33/h7-14,17,19,31,33H,6,15-16H2,1-5H3,(H,32,34). The molecule has 0 saturated heterocycles. The van der Waals surface area contributed by atoms with Gasteiger partial charge >= 0.3 is 0 Å². The Morgan fingerprint density at radius 2 is 1.77 bits per heavy atom. The van der Waals surface area contributed by atoms with Gasteiger partial charge in [-0.2, -0.15) is 8.78 Å². The lowest BCUT2D eigenvalue weighted by atomic mass is 9.97. The zero-order valence-corrected chi connectivity index (χ0v) is 20.9. The maximum Gasteiger partial charge on any atom is 0.298 e. The predicted molar refractivity (Wildman–Crippen MR) is 135 cm³/mol. The number of nitrogens with one attached hydrogen (secondary N) is 2. The van der Waals surface area contributed by atoms with E-state index in [-0.39, 0.29) is 11.1 Å². The van der Waals surface area contributed by atoms with E-state index in [0.717, 1.165) is 47.2 Å². The summed E-state index contributed by atoms with van der Waals surface area (Å²) >= 11 is 0. The molecule has 2 aromatic carbocycles. The van der Waals surface area contributed by atoms with Crippen molar-refractivity contribution in [2.45, 2.75) is 65.1 Å². The number of hydrogen-bond acceptors (Lipinski definition) is 4. The number of aromatic nitrogens is 1. The minimum absolute atomic E-state index is 0.156. The van der Waals surface area contributed by atoms with Crippen molar-refractivity contribution < 1.29 is 18.6 Å². The highest BCUT2D eigenvalue weighted by Crippen LogP contribution is 2.33. The fraction of sp³-hybridized carbons (Fsp3) is 0.393. The molecule has 0 aliphatic heterocycles. The molecule has 0 radical (unpaired) electrons. The van der Waals surface area contributed by atoms with Crippen LogP contribution < -0.4 is 15.6 Å². The topological polar surface area (TPSA) is 74.4 Å². The molecule has 0 aliphatic rings. The highest BCUT2D eigenvalue weighted by Gasteiger charge is 2.37. The first-order valence-electron chi connectivity index (χ1n) is 11.9. The summed E-state index contributed by atoms with van der Waals surface area (Å²) in [5.41, 5.74) is 3.53. The van der Waals surface area contributed by atoms with Crippen molar-refractivity contribution in [1.82, 2.24) is 4.98 Å². The Morgan fingerprint density at radius 3 is 2.37 bits per heavy atom. The number of hydrogen-bond donors (Lipinski definition) is 3. The normalized spacial score (nSPS) is 12.9. The van der Waals surface area contributed by atoms with E-state index in [1.165, 1.54) is 18.2 Å². The molecule has 0 aliphatic carbocycles. The summed E-state index contributed by atoms with van der Waals surface area (Å²) < 4.78 is 34.2. The smallest absolute Gasteiger partial charge is 0.298 e. The Labute approximate surface area is 205 Å². The molecule has 0 spiro atoms. The average Bonchev–Trinajstić information content (AvgIpc) is 2.81. The largest absolute Gasteiger partial charge is 0.481 e. The Balaban J connectivity index is 1.63. The van der Waals surface area contributed by atoms with Crippen molar-refractivity contribution >= 4 is 5.69 Å². The van der Waals surface area contributed by atoms with Gasteiger partial charge in [-0.05, 0) is 75.4 Å². The molecule has 1 aromatic heterocycles. The van der Waals surface area contributed by atoms with Gasteiger partial charge in [-0.25, -0.2) is 0 Å². The molecule has 188 valence electrons. The van der Waals surface area contributed by atoms with Gasteiger partial charge < -0.3 is 20.1 Å². The molecule has 1 heterocycles. The number of aryl methyl sites for hydroxylation is 2. The molecule has 7 heteroatoms. The number of aliphatic hydroxyl groups is 1. The number of ether oxygens (including phenoxy) is 1. The fourth-order valence-corrected chi connectivity index (χ4v) is 4.02.